The summed E-state index contributed by atoms with van der Waals surface area (Å²) in [6.07, 6.45) is 1.37. The van der Waals surface area contributed by atoms with E-state index in [1.54, 1.807) is 0 Å². The fraction of sp³-hybridized carbons (Fsp3) is 0. The Morgan fingerprint density at radius 1 is 1.15 bits per heavy atom. The highest BCUT2D eigenvalue weighted by atomic mass is 19.1. The maximum absolute atomic E-state index is 13.0. The molecule has 20 heavy (non-hydrogen) atoms. The molecule has 100 valence electrons. The normalized spacial score (nSPS) is 10.8. The quantitative estimate of drug-likeness (QED) is 0.751. The second-order valence-electron chi connectivity index (χ2n) is 4.24. The number of carboxylic acid groups (broad SMARTS) is 1. The Labute approximate surface area is 112 Å². The molecule has 0 spiro atoms. The second kappa shape index (κ2) is 4.34. The van der Waals surface area contributed by atoms with E-state index in [0.29, 0.717) is 16.9 Å². The number of carboxylic acids is 1. The number of halogens is 1. The fourth-order valence-electron chi connectivity index (χ4n) is 2.03. The minimum Gasteiger partial charge on any atom is -0.506 e. The van der Waals surface area contributed by atoms with Crippen LogP contribution in [-0.4, -0.2) is 25.6 Å². The summed E-state index contributed by atoms with van der Waals surface area (Å²) >= 11 is 0. The molecule has 0 unspecified atom stereocenters. The molecule has 0 aliphatic carbocycles. The van der Waals surface area contributed by atoms with Crippen molar-refractivity contribution in [1.29, 1.82) is 0 Å². The molecule has 2 N–H and O–H groups in total. The lowest BCUT2D eigenvalue weighted by molar-refractivity contribution is 0.0693. The summed E-state index contributed by atoms with van der Waals surface area (Å²) in [6.45, 7) is 0. The lowest BCUT2D eigenvalue weighted by atomic mass is 10.2. The van der Waals surface area contributed by atoms with Crippen molar-refractivity contribution in [1.82, 2.24) is 9.38 Å². The van der Waals surface area contributed by atoms with Gasteiger partial charge in [0, 0.05) is 5.56 Å². The number of fused-ring (bicyclic) bond motifs is 1. The Morgan fingerprint density at radius 3 is 2.50 bits per heavy atom. The van der Waals surface area contributed by atoms with Gasteiger partial charge in [-0.05, 0) is 36.4 Å². The Kier molecular flexibility index (Phi) is 2.64. The highest BCUT2D eigenvalue weighted by Gasteiger charge is 2.17. The number of carbonyl (C=O) groups is 1. The van der Waals surface area contributed by atoms with Gasteiger partial charge in [0.2, 0.25) is 0 Å². The van der Waals surface area contributed by atoms with Gasteiger partial charge < -0.3 is 10.2 Å². The lowest BCUT2D eigenvalue weighted by Gasteiger charge is -2.01. The van der Waals surface area contributed by atoms with Crippen LogP contribution in [-0.2, 0) is 0 Å². The van der Waals surface area contributed by atoms with Gasteiger partial charge in [0.25, 0.3) is 0 Å². The first kappa shape index (κ1) is 12.2. The van der Waals surface area contributed by atoms with Crippen LogP contribution >= 0.6 is 0 Å². The SMILES string of the molecule is O=C(O)c1nc(-c2ccc(F)cc2)n2cc(O)ccc12. The van der Waals surface area contributed by atoms with Crippen LogP contribution in [0, 0.1) is 5.82 Å². The smallest absolute Gasteiger partial charge is 0.356 e. The standard InChI is InChI=1S/C14H9FN2O3/c15-9-3-1-8(2-4-9)13-16-12(14(19)20)11-6-5-10(18)7-17(11)13/h1-7,18H,(H,19,20). The predicted molar refractivity (Wildman–Crippen MR) is 69.2 cm³/mol. The number of imidazole rings is 1. The molecular weight excluding hydrogens is 263 g/mol. The molecule has 5 nitrogen and oxygen atoms in total. The number of rotatable bonds is 2. The van der Waals surface area contributed by atoms with Gasteiger partial charge in [-0.2, -0.15) is 0 Å². The first-order valence-corrected chi connectivity index (χ1v) is 5.76. The maximum atomic E-state index is 13.0. The Morgan fingerprint density at radius 2 is 1.85 bits per heavy atom. The van der Waals surface area contributed by atoms with Crippen LogP contribution < -0.4 is 0 Å². The van der Waals surface area contributed by atoms with Crippen LogP contribution in [0.25, 0.3) is 16.9 Å². The number of hydrogen-bond donors (Lipinski definition) is 2. The molecular formula is C14H9FN2O3. The molecule has 0 aliphatic rings. The molecule has 0 atom stereocenters. The van der Waals surface area contributed by atoms with Crippen LogP contribution in [0.15, 0.2) is 42.6 Å². The van der Waals surface area contributed by atoms with Crippen LogP contribution in [0.5, 0.6) is 5.75 Å². The van der Waals surface area contributed by atoms with Gasteiger partial charge in [-0.1, -0.05) is 0 Å². The maximum Gasteiger partial charge on any atom is 0.356 e. The van der Waals surface area contributed by atoms with Crippen molar-refractivity contribution in [2.75, 3.05) is 0 Å². The number of aromatic carboxylic acids is 1. The fourth-order valence-corrected chi connectivity index (χ4v) is 2.03. The molecule has 3 rings (SSSR count). The van der Waals surface area contributed by atoms with Crippen LogP contribution in [0.2, 0.25) is 0 Å². The zero-order valence-electron chi connectivity index (χ0n) is 10.1. The number of nitrogens with zero attached hydrogens (tertiary/aromatic N) is 2. The highest BCUT2D eigenvalue weighted by Crippen LogP contribution is 2.25. The zero-order valence-corrected chi connectivity index (χ0v) is 10.1. The largest absolute Gasteiger partial charge is 0.506 e. The van der Waals surface area contributed by atoms with Gasteiger partial charge >= 0.3 is 5.97 Å². The average Bonchev–Trinajstić information content (AvgIpc) is 2.78. The van der Waals surface area contributed by atoms with Crippen molar-refractivity contribution in [2.24, 2.45) is 0 Å². The molecule has 0 fully saturated rings. The number of aromatic nitrogens is 2. The van der Waals surface area contributed by atoms with Crippen molar-refractivity contribution >= 4 is 11.5 Å². The molecule has 0 amide bonds. The summed E-state index contributed by atoms with van der Waals surface area (Å²) in [4.78, 5) is 15.3. The summed E-state index contributed by atoms with van der Waals surface area (Å²) in [7, 11) is 0. The Bertz CT molecular complexity index is 809. The van der Waals surface area contributed by atoms with E-state index in [0.717, 1.165) is 0 Å². The molecule has 6 heteroatoms. The topological polar surface area (TPSA) is 74.8 Å². The highest BCUT2D eigenvalue weighted by molar-refractivity contribution is 5.95. The summed E-state index contributed by atoms with van der Waals surface area (Å²) in [6, 6.07) is 8.38. The van der Waals surface area contributed by atoms with E-state index in [1.165, 1.54) is 47.0 Å². The van der Waals surface area contributed by atoms with E-state index in [2.05, 4.69) is 4.98 Å². The first-order valence-electron chi connectivity index (χ1n) is 5.76. The third kappa shape index (κ3) is 1.87. The Hall–Kier alpha value is -2.89. The number of hydrogen-bond acceptors (Lipinski definition) is 3. The van der Waals surface area contributed by atoms with E-state index < -0.39 is 11.8 Å². The molecule has 0 radical (unpaired) electrons. The molecule has 2 aromatic heterocycles. The van der Waals surface area contributed by atoms with Crippen LogP contribution in [0.4, 0.5) is 4.39 Å². The van der Waals surface area contributed by atoms with Gasteiger partial charge in [0.15, 0.2) is 5.69 Å². The summed E-state index contributed by atoms with van der Waals surface area (Å²) < 4.78 is 14.4. The molecule has 0 saturated carbocycles. The Balaban J connectivity index is 2.32. The molecule has 2 heterocycles. The van der Waals surface area contributed by atoms with Crippen molar-refractivity contribution in [3.8, 4) is 17.1 Å². The summed E-state index contributed by atoms with van der Waals surface area (Å²) in [5.41, 5.74) is 0.790. The average molecular weight is 272 g/mol. The van der Waals surface area contributed by atoms with Crippen molar-refractivity contribution < 1.29 is 19.4 Å². The second-order valence-corrected chi connectivity index (χ2v) is 4.24. The molecule has 3 aromatic rings. The minimum absolute atomic E-state index is 0.0183. The van der Waals surface area contributed by atoms with Crippen molar-refractivity contribution in [2.45, 2.75) is 0 Å². The number of benzene rings is 1. The first-order chi connectivity index (χ1) is 9.56. The van der Waals surface area contributed by atoms with Crippen molar-refractivity contribution in [3.05, 3.63) is 54.1 Å². The molecule has 0 aliphatic heterocycles. The van der Waals surface area contributed by atoms with E-state index in [1.807, 2.05) is 0 Å². The van der Waals surface area contributed by atoms with Gasteiger partial charge in [-0.25, -0.2) is 14.2 Å². The number of pyridine rings is 1. The summed E-state index contributed by atoms with van der Waals surface area (Å²) in [5.74, 6) is -1.25. The van der Waals surface area contributed by atoms with E-state index in [-0.39, 0.29) is 11.4 Å². The molecule has 1 aromatic carbocycles. The third-order valence-corrected chi connectivity index (χ3v) is 2.93. The van der Waals surface area contributed by atoms with Gasteiger partial charge in [0.05, 0.1) is 11.7 Å². The van der Waals surface area contributed by atoms with E-state index in [9.17, 15) is 14.3 Å². The van der Waals surface area contributed by atoms with Gasteiger partial charge in [-0.15, -0.1) is 0 Å². The van der Waals surface area contributed by atoms with Gasteiger partial charge in [-0.3, -0.25) is 4.40 Å². The monoisotopic (exact) mass is 272 g/mol. The predicted octanol–water partition coefficient (Wildman–Crippen LogP) is 2.54. The van der Waals surface area contributed by atoms with E-state index >= 15 is 0 Å². The third-order valence-electron chi connectivity index (χ3n) is 2.93. The number of aromatic hydroxyl groups is 1. The lowest BCUT2D eigenvalue weighted by Crippen LogP contribution is -1.97. The minimum atomic E-state index is -1.17. The van der Waals surface area contributed by atoms with Crippen LogP contribution in [0.3, 0.4) is 0 Å². The molecule has 0 bridgehead atoms. The van der Waals surface area contributed by atoms with Crippen molar-refractivity contribution in [3.63, 3.8) is 0 Å². The van der Waals surface area contributed by atoms with Gasteiger partial charge in [0.1, 0.15) is 17.4 Å². The zero-order chi connectivity index (χ0) is 14.3. The van der Waals surface area contributed by atoms with Crippen LogP contribution in [0.1, 0.15) is 10.5 Å². The molecule has 0 saturated heterocycles. The van der Waals surface area contributed by atoms with E-state index in [4.69, 9.17) is 5.11 Å². The summed E-state index contributed by atoms with van der Waals surface area (Å²) in [5, 5.41) is 18.7.